The molecular weight excluding hydrogens is 564 g/mol. The van der Waals surface area contributed by atoms with Crippen LogP contribution in [0.5, 0.6) is 0 Å². The van der Waals surface area contributed by atoms with Gasteiger partial charge in [-0.1, -0.05) is 69.0 Å². The van der Waals surface area contributed by atoms with Crippen molar-refractivity contribution in [2.24, 2.45) is 23.7 Å². The van der Waals surface area contributed by atoms with Crippen molar-refractivity contribution in [3.63, 3.8) is 0 Å². The van der Waals surface area contributed by atoms with E-state index in [1.54, 1.807) is 24.3 Å². The molecule has 3 aliphatic carbocycles. The lowest BCUT2D eigenvalue weighted by Crippen LogP contribution is -2.76. The maximum Gasteiger partial charge on any atom is 0.338 e. The van der Waals surface area contributed by atoms with Gasteiger partial charge in [0.15, 0.2) is 0 Å². The van der Waals surface area contributed by atoms with Gasteiger partial charge in [-0.2, -0.15) is 0 Å². The second-order valence-corrected chi connectivity index (χ2v) is 14.2. The zero-order valence-electron chi connectivity index (χ0n) is 25.2. The van der Waals surface area contributed by atoms with Gasteiger partial charge >= 0.3 is 11.9 Å². The minimum absolute atomic E-state index is 0.0710. The van der Waals surface area contributed by atoms with Gasteiger partial charge in [-0.3, -0.25) is 0 Å². The molecule has 234 valence electrons. The summed E-state index contributed by atoms with van der Waals surface area (Å²) in [6, 6.07) is 18.2. The molecule has 3 heterocycles. The molecule has 0 amide bonds. The highest BCUT2D eigenvalue weighted by atomic mass is 16.9. The number of hydrogen-bond acceptors (Lipinski definition) is 9. The molecule has 1 unspecified atom stereocenters. The van der Waals surface area contributed by atoms with Gasteiger partial charge in [0.1, 0.15) is 41.2 Å². The number of carbonyl (C=O) groups excluding carboxylic acids is 1. The summed E-state index contributed by atoms with van der Waals surface area (Å²) in [6.45, 7) is 9.83. The number of hydrogen-bond donors (Lipinski definition) is 3. The lowest BCUT2D eigenvalue weighted by atomic mass is 9.48. The highest BCUT2D eigenvalue weighted by Crippen LogP contribution is 2.73. The monoisotopic (exact) mass is 604 g/mol. The van der Waals surface area contributed by atoms with Gasteiger partial charge in [0.25, 0.3) is 0 Å². The Morgan fingerprint density at radius 1 is 1.00 bits per heavy atom. The Labute approximate surface area is 256 Å². The lowest BCUT2D eigenvalue weighted by Gasteiger charge is -2.63. The first kappa shape index (κ1) is 28.8. The van der Waals surface area contributed by atoms with Crippen LogP contribution >= 0.6 is 0 Å². The van der Waals surface area contributed by atoms with Crippen molar-refractivity contribution in [2.75, 3.05) is 6.61 Å². The Kier molecular flexibility index (Phi) is 6.04. The number of aliphatic hydroxyl groups is 3. The number of fused-ring (bicyclic) bond motifs is 4. The van der Waals surface area contributed by atoms with Crippen LogP contribution in [0.1, 0.15) is 56.0 Å². The van der Waals surface area contributed by atoms with Crippen molar-refractivity contribution in [3.8, 4) is 0 Å². The van der Waals surface area contributed by atoms with Gasteiger partial charge in [0.05, 0.1) is 17.8 Å². The third-order valence-electron chi connectivity index (χ3n) is 11.8. The second-order valence-electron chi connectivity index (χ2n) is 14.2. The standard InChI is InChI=1S/C35H40O9/c1-19(2)32-16-21(4)34-24-15-20(3)26(40-29(37)22-11-7-5-8-12-22)31(39,17-24)30(38)33(18-36)28(41-33)25(34)27(32)42-35(43-32,44-34)23-13-9-6-10-14-23/h5-14,20-21,24-28,30,36,38-39H,1,15-18H2,2-4H3/t20-,21+,24+,25+,26-,27+,28-,30-,31+,32+,33-,34-,35?/m0/s1. The number of rotatable bonds is 5. The number of carbonyl (C=O) groups is 1. The van der Waals surface area contributed by atoms with E-state index < -0.39 is 71.3 Å². The van der Waals surface area contributed by atoms with Crippen LogP contribution in [0.3, 0.4) is 0 Å². The summed E-state index contributed by atoms with van der Waals surface area (Å²) in [4.78, 5) is 13.3. The Morgan fingerprint density at radius 3 is 2.34 bits per heavy atom. The maximum absolute atomic E-state index is 13.3. The fraction of sp³-hybridized carbons (Fsp3) is 0.571. The number of esters is 1. The van der Waals surface area contributed by atoms with Crippen molar-refractivity contribution < 1.29 is 43.8 Å². The molecular formula is C35H40O9. The van der Waals surface area contributed by atoms with E-state index in [1.807, 2.05) is 50.2 Å². The maximum atomic E-state index is 13.3. The topological polar surface area (TPSA) is 127 Å². The van der Waals surface area contributed by atoms with E-state index >= 15 is 0 Å². The highest BCUT2D eigenvalue weighted by Gasteiger charge is 2.86. The number of epoxide rings is 1. The van der Waals surface area contributed by atoms with Crippen LogP contribution in [-0.4, -0.2) is 74.7 Å². The molecule has 9 nitrogen and oxygen atoms in total. The van der Waals surface area contributed by atoms with Gasteiger partial charge in [0.2, 0.25) is 0 Å². The average molecular weight is 605 g/mol. The predicted molar refractivity (Wildman–Crippen MR) is 156 cm³/mol. The third kappa shape index (κ3) is 3.41. The first-order valence-electron chi connectivity index (χ1n) is 15.7. The molecule has 0 aromatic heterocycles. The summed E-state index contributed by atoms with van der Waals surface area (Å²) in [7, 11) is 0. The summed E-state index contributed by atoms with van der Waals surface area (Å²) in [6.07, 6.45) is -2.63. The summed E-state index contributed by atoms with van der Waals surface area (Å²) >= 11 is 0. The smallest absolute Gasteiger partial charge is 0.338 e. The summed E-state index contributed by atoms with van der Waals surface area (Å²) in [5.74, 6) is -3.28. The lowest BCUT2D eigenvalue weighted by molar-refractivity contribution is -0.443. The minimum atomic E-state index is -1.92. The fourth-order valence-corrected chi connectivity index (χ4v) is 9.90. The molecule has 6 fully saturated rings. The van der Waals surface area contributed by atoms with E-state index in [2.05, 4.69) is 13.5 Å². The SMILES string of the molecule is C=C(C)[C@]12C[C@@H](C)[C@@]34OC(c5ccccc5)(O[C@@H]1[C@@H]3[C@@H]1O[C@]1(CO)[C@@H](O)[C@@]1(O)C[C@H]4C[C@H](C)[C@@H]1OC(=O)c1ccccc1)O2. The molecule has 0 radical (unpaired) electrons. The minimum Gasteiger partial charge on any atom is -0.455 e. The Balaban J connectivity index is 1.28. The van der Waals surface area contributed by atoms with Crippen LogP contribution < -0.4 is 0 Å². The van der Waals surface area contributed by atoms with E-state index in [0.717, 1.165) is 11.1 Å². The van der Waals surface area contributed by atoms with Crippen LogP contribution in [0.15, 0.2) is 72.8 Å². The molecule has 8 rings (SSSR count). The van der Waals surface area contributed by atoms with Gasteiger partial charge in [-0.05, 0) is 61.6 Å². The van der Waals surface area contributed by atoms with Gasteiger partial charge < -0.3 is 39.0 Å². The van der Waals surface area contributed by atoms with Crippen molar-refractivity contribution in [1.82, 2.24) is 0 Å². The van der Waals surface area contributed by atoms with Crippen LogP contribution in [0.4, 0.5) is 0 Å². The molecule has 6 aliphatic rings. The molecule has 13 atom stereocenters. The van der Waals surface area contributed by atoms with Crippen LogP contribution in [0, 0.1) is 23.7 Å². The predicted octanol–water partition coefficient (Wildman–Crippen LogP) is 3.46. The second kappa shape index (κ2) is 9.22. The Bertz CT molecular complexity index is 1500. The Morgan fingerprint density at radius 2 is 1.68 bits per heavy atom. The highest BCUT2D eigenvalue weighted by molar-refractivity contribution is 5.89. The molecule has 2 aromatic rings. The zero-order valence-corrected chi connectivity index (χ0v) is 25.2. The number of ether oxygens (including phenoxy) is 5. The first-order chi connectivity index (χ1) is 21.0. The summed E-state index contributed by atoms with van der Waals surface area (Å²) in [5.41, 5.74) is -3.36. The van der Waals surface area contributed by atoms with E-state index in [9.17, 15) is 20.1 Å². The number of aliphatic hydroxyl groups excluding tert-OH is 2. The quantitative estimate of drug-likeness (QED) is 0.267. The van der Waals surface area contributed by atoms with Gasteiger partial charge in [0, 0.05) is 11.5 Å². The van der Waals surface area contributed by atoms with Crippen molar-refractivity contribution in [3.05, 3.63) is 83.9 Å². The Hall–Kier alpha value is -2.63. The summed E-state index contributed by atoms with van der Waals surface area (Å²) < 4.78 is 33.5. The van der Waals surface area contributed by atoms with Gasteiger partial charge in [-0.25, -0.2) is 4.79 Å². The normalized spacial score (nSPS) is 49.7. The van der Waals surface area contributed by atoms with Crippen LogP contribution in [-0.2, 0) is 29.7 Å². The molecule has 9 heteroatoms. The van der Waals surface area contributed by atoms with Crippen molar-refractivity contribution in [1.29, 1.82) is 0 Å². The van der Waals surface area contributed by atoms with Crippen molar-refractivity contribution >= 4 is 5.97 Å². The van der Waals surface area contributed by atoms with E-state index in [-0.39, 0.29) is 24.2 Å². The molecule has 3 saturated heterocycles. The van der Waals surface area contributed by atoms with Gasteiger partial charge in [-0.15, -0.1) is 0 Å². The van der Waals surface area contributed by atoms with E-state index in [0.29, 0.717) is 18.4 Å². The van der Waals surface area contributed by atoms with E-state index in [4.69, 9.17) is 23.7 Å². The summed E-state index contributed by atoms with van der Waals surface area (Å²) in [5, 5.41) is 35.5. The molecule has 2 aromatic carbocycles. The molecule has 3 saturated carbocycles. The molecule has 3 aliphatic heterocycles. The van der Waals surface area contributed by atoms with Crippen LogP contribution in [0.25, 0.3) is 0 Å². The molecule has 0 spiro atoms. The van der Waals surface area contributed by atoms with Crippen molar-refractivity contribution in [2.45, 2.75) is 92.8 Å². The molecule has 44 heavy (non-hydrogen) atoms. The number of benzene rings is 2. The molecule has 5 bridgehead atoms. The fourth-order valence-electron chi connectivity index (χ4n) is 9.90. The van der Waals surface area contributed by atoms with E-state index in [1.165, 1.54) is 0 Å². The largest absolute Gasteiger partial charge is 0.455 e. The average Bonchev–Trinajstić information content (AvgIpc) is 3.71. The zero-order chi connectivity index (χ0) is 30.9. The molecule has 3 N–H and O–H groups in total. The van der Waals surface area contributed by atoms with Crippen LogP contribution in [0.2, 0.25) is 0 Å². The first-order valence-corrected chi connectivity index (χ1v) is 15.7. The third-order valence-corrected chi connectivity index (χ3v) is 11.8.